The second kappa shape index (κ2) is 7.04. The summed E-state index contributed by atoms with van der Waals surface area (Å²) < 4.78 is 18.2. The van der Waals surface area contributed by atoms with E-state index in [0.717, 1.165) is 45.0 Å². The SMILES string of the molecule is Fc1ccc(CNCCN2CCOCC2)cc1Cl. The molecule has 1 N–H and O–H groups in total. The second-order valence-corrected chi connectivity index (χ2v) is 4.79. The van der Waals surface area contributed by atoms with Crippen LogP contribution in [0.5, 0.6) is 0 Å². The highest BCUT2D eigenvalue weighted by Gasteiger charge is 2.09. The van der Waals surface area contributed by atoms with Crippen molar-refractivity contribution in [1.82, 2.24) is 10.2 Å². The third-order valence-corrected chi connectivity index (χ3v) is 3.31. The largest absolute Gasteiger partial charge is 0.379 e. The van der Waals surface area contributed by atoms with Crippen molar-refractivity contribution in [3.8, 4) is 0 Å². The summed E-state index contributed by atoms with van der Waals surface area (Å²) >= 11 is 5.72. The minimum atomic E-state index is -0.367. The van der Waals surface area contributed by atoms with Crippen molar-refractivity contribution < 1.29 is 9.13 Å². The fraction of sp³-hybridized carbons (Fsp3) is 0.538. The van der Waals surface area contributed by atoms with Crippen LogP contribution < -0.4 is 5.32 Å². The van der Waals surface area contributed by atoms with Crippen LogP contribution in [0.3, 0.4) is 0 Å². The van der Waals surface area contributed by atoms with Gasteiger partial charge in [-0.1, -0.05) is 17.7 Å². The summed E-state index contributed by atoms with van der Waals surface area (Å²) in [5.41, 5.74) is 1.00. The van der Waals surface area contributed by atoms with E-state index in [2.05, 4.69) is 10.2 Å². The first kappa shape index (κ1) is 13.7. The van der Waals surface area contributed by atoms with Crippen molar-refractivity contribution in [2.24, 2.45) is 0 Å². The predicted octanol–water partition coefficient (Wildman–Crippen LogP) is 1.90. The smallest absolute Gasteiger partial charge is 0.141 e. The van der Waals surface area contributed by atoms with Gasteiger partial charge in [-0.15, -0.1) is 0 Å². The highest BCUT2D eigenvalue weighted by molar-refractivity contribution is 6.30. The number of benzene rings is 1. The van der Waals surface area contributed by atoms with E-state index in [1.807, 2.05) is 0 Å². The molecule has 0 atom stereocenters. The second-order valence-electron chi connectivity index (χ2n) is 4.38. The van der Waals surface area contributed by atoms with Crippen LogP contribution in [0.15, 0.2) is 18.2 Å². The zero-order chi connectivity index (χ0) is 12.8. The Labute approximate surface area is 112 Å². The Bertz CT molecular complexity index is 383. The fourth-order valence-corrected chi connectivity index (χ4v) is 2.15. The van der Waals surface area contributed by atoms with Crippen LogP contribution in [0.4, 0.5) is 4.39 Å². The van der Waals surface area contributed by atoms with Crippen LogP contribution >= 0.6 is 11.6 Å². The summed E-state index contributed by atoms with van der Waals surface area (Å²) in [6.45, 7) is 6.30. The number of halogens is 2. The van der Waals surface area contributed by atoms with Crippen LogP contribution in [-0.4, -0.2) is 44.3 Å². The summed E-state index contributed by atoms with van der Waals surface area (Å²) in [6, 6.07) is 4.82. The Kier molecular flexibility index (Phi) is 5.38. The Morgan fingerprint density at radius 2 is 2.11 bits per heavy atom. The van der Waals surface area contributed by atoms with Gasteiger partial charge >= 0.3 is 0 Å². The van der Waals surface area contributed by atoms with Gasteiger partial charge in [-0.3, -0.25) is 4.90 Å². The van der Waals surface area contributed by atoms with Gasteiger partial charge in [0.25, 0.3) is 0 Å². The molecule has 0 aliphatic carbocycles. The molecule has 0 unspecified atom stereocenters. The zero-order valence-corrected chi connectivity index (χ0v) is 11.0. The van der Waals surface area contributed by atoms with E-state index in [-0.39, 0.29) is 10.8 Å². The number of nitrogens with zero attached hydrogens (tertiary/aromatic N) is 1. The van der Waals surface area contributed by atoms with Crippen molar-refractivity contribution in [2.75, 3.05) is 39.4 Å². The molecule has 0 bridgehead atoms. The van der Waals surface area contributed by atoms with Gasteiger partial charge in [-0.25, -0.2) is 4.39 Å². The first-order valence-electron chi connectivity index (χ1n) is 6.20. The van der Waals surface area contributed by atoms with Crippen molar-refractivity contribution >= 4 is 11.6 Å². The molecular formula is C13H18ClFN2O. The maximum absolute atomic E-state index is 13.0. The molecule has 1 aromatic carbocycles. The van der Waals surface area contributed by atoms with Gasteiger partial charge < -0.3 is 10.1 Å². The lowest BCUT2D eigenvalue weighted by Crippen LogP contribution is -2.40. The number of hydrogen-bond donors (Lipinski definition) is 1. The standard InChI is InChI=1S/C13H18ClFN2O/c14-12-9-11(1-2-13(12)15)10-16-3-4-17-5-7-18-8-6-17/h1-2,9,16H,3-8,10H2. The molecule has 0 amide bonds. The minimum Gasteiger partial charge on any atom is -0.379 e. The van der Waals surface area contributed by atoms with E-state index in [0.29, 0.717) is 6.54 Å². The van der Waals surface area contributed by atoms with Gasteiger partial charge in [0.1, 0.15) is 5.82 Å². The molecule has 18 heavy (non-hydrogen) atoms. The highest BCUT2D eigenvalue weighted by atomic mass is 35.5. The maximum Gasteiger partial charge on any atom is 0.141 e. The molecule has 2 rings (SSSR count). The Hall–Kier alpha value is -0.680. The normalized spacial score (nSPS) is 17.0. The summed E-state index contributed by atoms with van der Waals surface area (Å²) in [5.74, 6) is -0.367. The van der Waals surface area contributed by atoms with Gasteiger partial charge in [0.05, 0.1) is 18.2 Å². The minimum absolute atomic E-state index is 0.183. The monoisotopic (exact) mass is 272 g/mol. The molecule has 5 heteroatoms. The van der Waals surface area contributed by atoms with Crippen molar-refractivity contribution in [3.05, 3.63) is 34.6 Å². The van der Waals surface area contributed by atoms with Gasteiger partial charge in [-0.2, -0.15) is 0 Å². The molecule has 100 valence electrons. The summed E-state index contributed by atoms with van der Waals surface area (Å²) in [4.78, 5) is 2.37. The molecule has 1 aliphatic rings. The predicted molar refractivity (Wildman–Crippen MR) is 70.4 cm³/mol. The highest BCUT2D eigenvalue weighted by Crippen LogP contribution is 2.15. The zero-order valence-electron chi connectivity index (χ0n) is 10.3. The molecule has 0 radical (unpaired) electrons. The molecular weight excluding hydrogens is 255 g/mol. The number of morpholine rings is 1. The molecule has 1 aromatic rings. The first-order chi connectivity index (χ1) is 8.75. The lowest BCUT2D eigenvalue weighted by atomic mass is 10.2. The van der Waals surface area contributed by atoms with Gasteiger partial charge in [0, 0.05) is 32.7 Å². The number of ether oxygens (including phenoxy) is 1. The first-order valence-corrected chi connectivity index (χ1v) is 6.58. The third-order valence-electron chi connectivity index (χ3n) is 3.02. The Morgan fingerprint density at radius 1 is 1.33 bits per heavy atom. The average molecular weight is 273 g/mol. The molecule has 0 spiro atoms. The van der Waals surface area contributed by atoms with Crippen molar-refractivity contribution in [2.45, 2.75) is 6.54 Å². The van der Waals surface area contributed by atoms with E-state index in [1.54, 1.807) is 12.1 Å². The number of rotatable bonds is 5. The molecule has 0 saturated carbocycles. The van der Waals surface area contributed by atoms with Gasteiger partial charge in [-0.05, 0) is 17.7 Å². The molecule has 1 fully saturated rings. The average Bonchev–Trinajstić information content (AvgIpc) is 2.40. The molecule has 1 aliphatic heterocycles. The third kappa shape index (κ3) is 4.21. The van der Waals surface area contributed by atoms with E-state index < -0.39 is 0 Å². The fourth-order valence-electron chi connectivity index (χ4n) is 1.94. The van der Waals surface area contributed by atoms with Gasteiger partial charge in [0.2, 0.25) is 0 Å². The van der Waals surface area contributed by atoms with Crippen molar-refractivity contribution in [1.29, 1.82) is 0 Å². The number of nitrogens with one attached hydrogen (secondary N) is 1. The summed E-state index contributed by atoms with van der Waals surface area (Å²) in [6.07, 6.45) is 0. The molecule has 0 aromatic heterocycles. The molecule has 1 heterocycles. The maximum atomic E-state index is 13.0. The van der Waals surface area contributed by atoms with Crippen molar-refractivity contribution in [3.63, 3.8) is 0 Å². The summed E-state index contributed by atoms with van der Waals surface area (Å²) in [7, 11) is 0. The lowest BCUT2D eigenvalue weighted by molar-refractivity contribution is 0.0384. The molecule has 3 nitrogen and oxygen atoms in total. The van der Waals surface area contributed by atoms with E-state index in [1.165, 1.54) is 6.07 Å². The summed E-state index contributed by atoms with van der Waals surface area (Å²) in [5, 5.41) is 3.51. The number of hydrogen-bond acceptors (Lipinski definition) is 3. The van der Waals surface area contributed by atoms with Gasteiger partial charge in [0.15, 0.2) is 0 Å². The lowest BCUT2D eigenvalue weighted by Gasteiger charge is -2.26. The Balaban J connectivity index is 1.66. The van der Waals surface area contributed by atoms with Crippen LogP contribution in [0.2, 0.25) is 5.02 Å². The van der Waals surface area contributed by atoms with E-state index in [9.17, 15) is 4.39 Å². The topological polar surface area (TPSA) is 24.5 Å². The molecule has 1 saturated heterocycles. The van der Waals surface area contributed by atoms with Crippen LogP contribution in [0.25, 0.3) is 0 Å². The van der Waals surface area contributed by atoms with Crippen LogP contribution in [0, 0.1) is 5.82 Å². The van der Waals surface area contributed by atoms with E-state index in [4.69, 9.17) is 16.3 Å². The quantitative estimate of drug-likeness (QED) is 0.829. The van der Waals surface area contributed by atoms with E-state index >= 15 is 0 Å². The van der Waals surface area contributed by atoms with Crippen LogP contribution in [0.1, 0.15) is 5.56 Å². The Morgan fingerprint density at radius 3 is 2.83 bits per heavy atom. The van der Waals surface area contributed by atoms with Crippen LogP contribution in [-0.2, 0) is 11.3 Å².